The number of carbonyl (C=O) groups excluding carboxylic acids is 2. The van der Waals surface area contributed by atoms with E-state index in [0.29, 0.717) is 13.1 Å². The van der Waals surface area contributed by atoms with Crippen LogP contribution in [0.2, 0.25) is 0 Å². The number of likely N-dealkylation sites (tertiary alicyclic amines) is 1. The lowest BCUT2D eigenvalue weighted by Crippen LogP contribution is -2.58. The van der Waals surface area contributed by atoms with E-state index >= 15 is 0 Å². The molecular formula is C11H21NO3. The number of amides is 1. The lowest BCUT2D eigenvalue weighted by atomic mass is 9.84. The van der Waals surface area contributed by atoms with Gasteiger partial charge in [0.15, 0.2) is 0 Å². The molecule has 1 heterocycles. The Morgan fingerprint density at radius 2 is 1.87 bits per heavy atom. The SMILES string of the molecule is C.CC1(C=O)CN(C(=O)OC(C)(C)C)C1. The standard InChI is InChI=1S/C10H17NO3.CH4/c1-9(2,3)14-8(13)11-5-10(4,6-11)7-12;/h7H,5-6H2,1-4H3;1H4. The Morgan fingerprint density at radius 3 is 2.20 bits per heavy atom. The van der Waals surface area contributed by atoms with Crippen LogP contribution in [0.15, 0.2) is 0 Å². The maximum absolute atomic E-state index is 11.4. The molecule has 0 atom stereocenters. The fourth-order valence-electron chi connectivity index (χ4n) is 1.36. The second-order valence-corrected chi connectivity index (χ2v) is 5.11. The van der Waals surface area contributed by atoms with Crippen LogP contribution in [-0.2, 0) is 9.53 Å². The predicted molar refractivity (Wildman–Crippen MR) is 58.7 cm³/mol. The summed E-state index contributed by atoms with van der Waals surface area (Å²) < 4.78 is 5.15. The van der Waals surface area contributed by atoms with Crippen LogP contribution >= 0.6 is 0 Å². The van der Waals surface area contributed by atoms with E-state index in [1.54, 1.807) is 4.90 Å². The molecule has 1 aliphatic heterocycles. The largest absolute Gasteiger partial charge is 0.444 e. The average Bonchev–Trinajstić information content (AvgIpc) is 1.95. The van der Waals surface area contributed by atoms with E-state index in [0.717, 1.165) is 6.29 Å². The minimum absolute atomic E-state index is 0. The van der Waals surface area contributed by atoms with Gasteiger partial charge in [-0.2, -0.15) is 0 Å². The van der Waals surface area contributed by atoms with Crippen molar-refractivity contribution >= 4 is 12.4 Å². The molecule has 0 radical (unpaired) electrons. The van der Waals surface area contributed by atoms with E-state index in [9.17, 15) is 9.59 Å². The third-order valence-electron chi connectivity index (χ3n) is 2.04. The molecule has 0 bridgehead atoms. The fraction of sp³-hybridized carbons (Fsp3) is 0.818. The molecule has 1 aliphatic rings. The van der Waals surface area contributed by atoms with Gasteiger partial charge in [-0.05, 0) is 27.7 Å². The Hall–Kier alpha value is -1.06. The fourth-order valence-corrected chi connectivity index (χ4v) is 1.36. The number of hydrogen-bond donors (Lipinski definition) is 0. The Labute approximate surface area is 91.6 Å². The monoisotopic (exact) mass is 215 g/mol. The summed E-state index contributed by atoms with van der Waals surface area (Å²) in [6.07, 6.45) is 0.560. The lowest BCUT2D eigenvalue weighted by molar-refractivity contribution is -0.123. The highest BCUT2D eigenvalue weighted by Gasteiger charge is 2.42. The molecule has 1 rings (SSSR count). The average molecular weight is 215 g/mol. The Bertz CT molecular complexity index is 249. The van der Waals surface area contributed by atoms with Gasteiger partial charge >= 0.3 is 6.09 Å². The van der Waals surface area contributed by atoms with Crippen molar-refractivity contribution in [2.45, 2.75) is 40.7 Å². The molecule has 1 fully saturated rings. The summed E-state index contributed by atoms with van der Waals surface area (Å²) in [7, 11) is 0. The lowest BCUT2D eigenvalue weighted by Gasteiger charge is -2.44. The van der Waals surface area contributed by atoms with Gasteiger partial charge in [-0.1, -0.05) is 7.43 Å². The molecule has 4 nitrogen and oxygen atoms in total. The van der Waals surface area contributed by atoms with Gasteiger partial charge < -0.3 is 14.4 Å². The maximum atomic E-state index is 11.4. The van der Waals surface area contributed by atoms with Crippen LogP contribution in [0.25, 0.3) is 0 Å². The summed E-state index contributed by atoms with van der Waals surface area (Å²) in [4.78, 5) is 23.6. The number of rotatable bonds is 1. The second kappa shape index (κ2) is 4.21. The number of aldehydes is 1. The Kier molecular flexibility index (Phi) is 3.91. The van der Waals surface area contributed by atoms with Gasteiger partial charge in [0.2, 0.25) is 0 Å². The first-order valence-corrected chi connectivity index (χ1v) is 4.70. The van der Waals surface area contributed by atoms with Crippen molar-refractivity contribution in [3.63, 3.8) is 0 Å². The molecule has 15 heavy (non-hydrogen) atoms. The zero-order chi connectivity index (χ0) is 11.0. The van der Waals surface area contributed by atoms with Crippen molar-refractivity contribution < 1.29 is 14.3 Å². The summed E-state index contributed by atoms with van der Waals surface area (Å²) in [5.74, 6) is 0. The summed E-state index contributed by atoms with van der Waals surface area (Å²) >= 11 is 0. The first kappa shape index (κ1) is 13.9. The highest BCUT2D eigenvalue weighted by Crippen LogP contribution is 2.28. The highest BCUT2D eigenvalue weighted by molar-refractivity contribution is 5.73. The summed E-state index contributed by atoms with van der Waals surface area (Å²) in [5, 5.41) is 0. The Balaban J connectivity index is 0.00000196. The zero-order valence-corrected chi connectivity index (χ0v) is 9.16. The van der Waals surface area contributed by atoms with Crippen molar-refractivity contribution in [2.75, 3.05) is 13.1 Å². The van der Waals surface area contributed by atoms with Crippen LogP contribution in [0, 0.1) is 5.41 Å². The van der Waals surface area contributed by atoms with Crippen LogP contribution in [0.3, 0.4) is 0 Å². The van der Waals surface area contributed by atoms with E-state index in [1.165, 1.54) is 0 Å². The molecule has 0 aliphatic carbocycles. The van der Waals surface area contributed by atoms with E-state index in [-0.39, 0.29) is 18.9 Å². The summed E-state index contributed by atoms with van der Waals surface area (Å²) in [6, 6.07) is 0. The molecular weight excluding hydrogens is 194 g/mol. The molecule has 0 aromatic heterocycles. The van der Waals surface area contributed by atoms with Gasteiger partial charge in [-0.25, -0.2) is 4.79 Å². The van der Waals surface area contributed by atoms with Gasteiger partial charge in [0.1, 0.15) is 11.9 Å². The molecule has 4 heteroatoms. The molecule has 0 aromatic rings. The molecule has 0 aromatic carbocycles. The first-order valence-electron chi connectivity index (χ1n) is 4.70. The molecule has 0 spiro atoms. The van der Waals surface area contributed by atoms with E-state index in [1.807, 2.05) is 27.7 Å². The van der Waals surface area contributed by atoms with Crippen molar-refractivity contribution in [1.82, 2.24) is 4.90 Å². The minimum atomic E-state index is -0.468. The van der Waals surface area contributed by atoms with Crippen LogP contribution < -0.4 is 0 Å². The minimum Gasteiger partial charge on any atom is -0.444 e. The zero-order valence-electron chi connectivity index (χ0n) is 9.16. The highest BCUT2D eigenvalue weighted by atomic mass is 16.6. The smallest absolute Gasteiger partial charge is 0.410 e. The van der Waals surface area contributed by atoms with Gasteiger partial charge in [-0.3, -0.25) is 0 Å². The topological polar surface area (TPSA) is 46.6 Å². The molecule has 88 valence electrons. The van der Waals surface area contributed by atoms with Gasteiger partial charge in [-0.15, -0.1) is 0 Å². The normalized spacial score (nSPS) is 18.5. The van der Waals surface area contributed by atoms with E-state index in [2.05, 4.69) is 0 Å². The van der Waals surface area contributed by atoms with Crippen molar-refractivity contribution in [3.05, 3.63) is 0 Å². The molecule has 0 unspecified atom stereocenters. The number of nitrogens with zero attached hydrogens (tertiary/aromatic N) is 1. The van der Waals surface area contributed by atoms with Crippen molar-refractivity contribution in [1.29, 1.82) is 0 Å². The molecule has 1 amide bonds. The van der Waals surface area contributed by atoms with E-state index in [4.69, 9.17) is 4.74 Å². The quantitative estimate of drug-likeness (QED) is 0.629. The number of hydrogen-bond acceptors (Lipinski definition) is 3. The third-order valence-corrected chi connectivity index (χ3v) is 2.04. The number of carbonyl (C=O) groups is 2. The predicted octanol–water partition coefficient (Wildman–Crippen LogP) is 2.08. The van der Waals surface area contributed by atoms with Crippen molar-refractivity contribution in [2.24, 2.45) is 5.41 Å². The van der Waals surface area contributed by atoms with Crippen LogP contribution in [0.4, 0.5) is 4.79 Å². The van der Waals surface area contributed by atoms with Gasteiger partial charge in [0.05, 0.1) is 5.41 Å². The maximum Gasteiger partial charge on any atom is 0.410 e. The van der Waals surface area contributed by atoms with Crippen molar-refractivity contribution in [3.8, 4) is 0 Å². The number of ether oxygens (including phenoxy) is 1. The van der Waals surface area contributed by atoms with Gasteiger partial charge in [0.25, 0.3) is 0 Å². The van der Waals surface area contributed by atoms with E-state index < -0.39 is 5.60 Å². The summed E-state index contributed by atoms with van der Waals surface area (Å²) in [5.41, 5.74) is -0.832. The Morgan fingerprint density at radius 1 is 1.40 bits per heavy atom. The van der Waals surface area contributed by atoms with Crippen LogP contribution in [0.1, 0.15) is 35.1 Å². The first-order chi connectivity index (χ1) is 6.26. The van der Waals surface area contributed by atoms with Crippen LogP contribution in [-0.4, -0.2) is 36.0 Å². The van der Waals surface area contributed by atoms with Gasteiger partial charge in [0, 0.05) is 13.1 Å². The molecule has 0 saturated carbocycles. The molecule has 1 saturated heterocycles. The third kappa shape index (κ3) is 3.53. The second-order valence-electron chi connectivity index (χ2n) is 5.11. The summed E-state index contributed by atoms with van der Waals surface area (Å²) in [6.45, 7) is 8.23. The molecule has 0 N–H and O–H groups in total. The van der Waals surface area contributed by atoms with Crippen LogP contribution in [0.5, 0.6) is 0 Å².